The maximum atomic E-state index is 15.2. The smallest absolute Gasteiger partial charge is 0.259 e. The van der Waals surface area contributed by atoms with Crippen LogP contribution in [-0.2, 0) is 11.3 Å². The highest BCUT2D eigenvalue weighted by Gasteiger charge is 2.50. The summed E-state index contributed by atoms with van der Waals surface area (Å²) in [7, 11) is 0. The lowest BCUT2D eigenvalue weighted by molar-refractivity contribution is -0.120. The highest BCUT2D eigenvalue weighted by Crippen LogP contribution is 2.38. The third kappa shape index (κ3) is 4.17. The SMILES string of the molecule is [C-]#[N+]c1ccc(N2C(=O)C(C)(C)N(c3ccc(CNC(=O)c4ccc5[nH]ncc5c4)c(F)c3)C2=S)cc1C. The summed E-state index contributed by atoms with van der Waals surface area (Å²) in [5.41, 5.74) is 2.68. The molecule has 4 aromatic rings. The average Bonchev–Trinajstić information content (AvgIpc) is 3.42. The molecule has 190 valence electrons. The Labute approximate surface area is 223 Å². The molecule has 1 aliphatic rings. The van der Waals surface area contributed by atoms with Crippen LogP contribution in [0, 0.1) is 19.3 Å². The van der Waals surface area contributed by atoms with E-state index in [9.17, 15) is 9.59 Å². The molecular formula is C28H23FN6O2S. The Morgan fingerprint density at radius 3 is 2.63 bits per heavy atom. The number of halogens is 1. The van der Waals surface area contributed by atoms with E-state index in [1.807, 2.05) is 0 Å². The molecule has 0 aliphatic carbocycles. The van der Waals surface area contributed by atoms with Gasteiger partial charge in [-0.3, -0.25) is 19.6 Å². The van der Waals surface area contributed by atoms with E-state index in [1.165, 1.54) is 11.0 Å². The van der Waals surface area contributed by atoms with Gasteiger partial charge in [0, 0.05) is 34.4 Å². The molecule has 5 rings (SSSR count). The maximum Gasteiger partial charge on any atom is 0.259 e. The number of fused-ring (bicyclic) bond motifs is 1. The van der Waals surface area contributed by atoms with Crippen molar-refractivity contribution in [1.29, 1.82) is 0 Å². The molecule has 1 aromatic heterocycles. The molecule has 0 radical (unpaired) electrons. The Bertz CT molecular complexity index is 1670. The van der Waals surface area contributed by atoms with Crippen molar-refractivity contribution in [2.75, 3.05) is 9.80 Å². The minimum absolute atomic E-state index is 0.0139. The van der Waals surface area contributed by atoms with E-state index in [0.717, 1.165) is 16.5 Å². The predicted octanol–water partition coefficient (Wildman–Crippen LogP) is 5.41. The quantitative estimate of drug-likeness (QED) is 0.268. The van der Waals surface area contributed by atoms with Gasteiger partial charge in [-0.25, -0.2) is 9.24 Å². The van der Waals surface area contributed by atoms with Gasteiger partial charge in [-0.05, 0) is 81.0 Å². The van der Waals surface area contributed by atoms with E-state index < -0.39 is 11.4 Å². The zero-order valence-electron chi connectivity index (χ0n) is 20.9. The van der Waals surface area contributed by atoms with Crippen LogP contribution in [0.1, 0.15) is 35.3 Å². The summed E-state index contributed by atoms with van der Waals surface area (Å²) in [6.45, 7) is 12.5. The summed E-state index contributed by atoms with van der Waals surface area (Å²) in [6.07, 6.45) is 1.63. The molecule has 8 nitrogen and oxygen atoms in total. The fraction of sp³-hybridized carbons (Fsp3) is 0.179. The Balaban J connectivity index is 1.36. The number of thiocarbonyl (C=S) groups is 1. The highest BCUT2D eigenvalue weighted by atomic mass is 32.1. The normalized spacial score (nSPS) is 14.7. The number of nitrogens with one attached hydrogen (secondary N) is 2. The summed E-state index contributed by atoms with van der Waals surface area (Å²) in [5, 5.41) is 10.5. The predicted molar refractivity (Wildman–Crippen MR) is 148 cm³/mol. The highest BCUT2D eigenvalue weighted by molar-refractivity contribution is 7.81. The molecule has 0 atom stereocenters. The lowest BCUT2D eigenvalue weighted by Crippen LogP contribution is -2.44. The van der Waals surface area contributed by atoms with Gasteiger partial charge in [-0.1, -0.05) is 12.1 Å². The second kappa shape index (κ2) is 9.36. The van der Waals surface area contributed by atoms with Crippen LogP contribution in [0.5, 0.6) is 0 Å². The van der Waals surface area contributed by atoms with E-state index in [0.29, 0.717) is 28.2 Å². The van der Waals surface area contributed by atoms with E-state index >= 15 is 4.39 Å². The van der Waals surface area contributed by atoms with E-state index in [2.05, 4.69) is 20.4 Å². The van der Waals surface area contributed by atoms with Crippen LogP contribution in [0.3, 0.4) is 0 Å². The van der Waals surface area contributed by atoms with Crippen molar-refractivity contribution in [2.24, 2.45) is 0 Å². The van der Waals surface area contributed by atoms with Gasteiger partial charge >= 0.3 is 0 Å². The number of carbonyl (C=O) groups is 2. The molecule has 1 aliphatic heterocycles. The van der Waals surface area contributed by atoms with E-state index in [4.69, 9.17) is 18.8 Å². The van der Waals surface area contributed by atoms with Crippen LogP contribution in [0.2, 0.25) is 0 Å². The molecule has 0 bridgehead atoms. The first kappa shape index (κ1) is 25.0. The van der Waals surface area contributed by atoms with Crippen LogP contribution < -0.4 is 15.1 Å². The van der Waals surface area contributed by atoms with Crippen molar-refractivity contribution < 1.29 is 14.0 Å². The number of H-pyrrole nitrogens is 1. The van der Waals surface area contributed by atoms with Gasteiger partial charge in [0.1, 0.15) is 11.4 Å². The Kier molecular flexibility index (Phi) is 6.17. The number of carbonyl (C=O) groups excluding carboxylic acids is 2. The number of hydrogen-bond acceptors (Lipinski definition) is 4. The second-order valence-electron chi connectivity index (χ2n) is 9.53. The largest absolute Gasteiger partial charge is 0.348 e. The van der Waals surface area contributed by atoms with Gasteiger partial charge < -0.3 is 10.2 Å². The van der Waals surface area contributed by atoms with Crippen LogP contribution in [0.15, 0.2) is 60.8 Å². The van der Waals surface area contributed by atoms with Gasteiger partial charge in [-0.2, -0.15) is 5.10 Å². The standard InChI is InChI=1S/C28H23FN6O2S/c1-16-11-20(8-10-23(16)30-4)34-26(37)28(2,3)35(27(34)38)21-7-5-18(22(29)13-21)14-31-25(36)17-6-9-24-19(12-17)15-32-33-24/h5-13,15H,14H2,1-3H3,(H,31,36)(H,32,33). The number of anilines is 2. The molecule has 38 heavy (non-hydrogen) atoms. The summed E-state index contributed by atoms with van der Waals surface area (Å²) in [5.74, 6) is -1.13. The van der Waals surface area contributed by atoms with Crippen LogP contribution in [0.25, 0.3) is 15.7 Å². The summed E-state index contributed by atoms with van der Waals surface area (Å²) < 4.78 is 15.2. The Morgan fingerprint density at radius 1 is 1.16 bits per heavy atom. The lowest BCUT2D eigenvalue weighted by atomic mass is 10.0. The van der Waals surface area contributed by atoms with Gasteiger partial charge in [0.25, 0.3) is 11.8 Å². The molecule has 1 fully saturated rings. The molecule has 2 N–H and O–H groups in total. The first-order chi connectivity index (χ1) is 18.1. The van der Waals surface area contributed by atoms with Crippen LogP contribution >= 0.6 is 12.2 Å². The molecule has 3 aromatic carbocycles. The molecular weight excluding hydrogens is 503 g/mol. The fourth-order valence-corrected chi connectivity index (χ4v) is 5.06. The molecule has 0 saturated carbocycles. The first-order valence-corrected chi connectivity index (χ1v) is 12.2. The monoisotopic (exact) mass is 526 g/mol. The van der Waals surface area contributed by atoms with Crippen LogP contribution in [0.4, 0.5) is 21.5 Å². The Morgan fingerprint density at radius 2 is 1.92 bits per heavy atom. The zero-order chi connectivity index (χ0) is 27.2. The fourth-order valence-electron chi connectivity index (χ4n) is 4.54. The number of amides is 2. The minimum Gasteiger partial charge on any atom is -0.348 e. The molecule has 10 heteroatoms. The molecule has 2 heterocycles. The minimum atomic E-state index is -1.07. The van der Waals surface area contributed by atoms with Gasteiger partial charge in [0.15, 0.2) is 10.8 Å². The first-order valence-electron chi connectivity index (χ1n) is 11.8. The van der Waals surface area contributed by atoms with Crippen molar-refractivity contribution in [3.05, 3.63) is 94.7 Å². The van der Waals surface area contributed by atoms with Gasteiger partial charge in [-0.15, -0.1) is 0 Å². The van der Waals surface area contributed by atoms with E-state index in [-0.39, 0.29) is 23.5 Å². The number of rotatable bonds is 5. The molecule has 2 amide bonds. The summed E-state index contributed by atoms with van der Waals surface area (Å²) >= 11 is 5.68. The molecule has 0 spiro atoms. The number of aryl methyl sites for hydroxylation is 1. The van der Waals surface area contributed by atoms with Crippen molar-refractivity contribution >= 4 is 57.1 Å². The number of nitrogens with zero attached hydrogens (tertiary/aromatic N) is 4. The van der Waals surface area contributed by atoms with Crippen LogP contribution in [-0.4, -0.2) is 32.7 Å². The number of hydrogen-bond donors (Lipinski definition) is 2. The van der Waals surface area contributed by atoms with Crippen molar-refractivity contribution in [2.45, 2.75) is 32.9 Å². The van der Waals surface area contributed by atoms with E-state index in [1.54, 1.807) is 80.4 Å². The number of aromatic amines is 1. The van der Waals surface area contributed by atoms with Crippen molar-refractivity contribution in [3.8, 4) is 0 Å². The van der Waals surface area contributed by atoms with Gasteiger partial charge in [0.05, 0.1) is 18.3 Å². The topological polar surface area (TPSA) is 85.7 Å². The number of benzene rings is 3. The molecule has 1 saturated heterocycles. The van der Waals surface area contributed by atoms with Crippen molar-refractivity contribution in [3.63, 3.8) is 0 Å². The number of aromatic nitrogens is 2. The summed E-state index contributed by atoms with van der Waals surface area (Å²) in [6, 6.07) is 14.8. The zero-order valence-corrected chi connectivity index (χ0v) is 21.7. The summed E-state index contributed by atoms with van der Waals surface area (Å²) in [4.78, 5) is 32.5. The Hall–Kier alpha value is -4.62. The van der Waals surface area contributed by atoms with Crippen molar-refractivity contribution in [1.82, 2.24) is 15.5 Å². The maximum absolute atomic E-state index is 15.2. The molecule has 0 unspecified atom stereocenters. The third-order valence-corrected chi connectivity index (χ3v) is 7.03. The third-order valence-electron chi connectivity index (χ3n) is 6.66. The average molecular weight is 527 g/mol. The second-order valence-corrected chi connectivity index (χ2v) is 9.90. The lowest BCUT2D eigenvalue weighted by Gasteiger charge is -2.29. The van der Waals surface area contributed by atoms with Gasteiger partial charge in [0.2, 0.25) is 0 Å².